The maximum Gasteiger partial charge on any atom is 0.191 e. The fourth-order valence-electron chi connectivity index (χ4n) is 1.40. The number of ether oxygens (including phenoxy) is 1. The van der Waals surface area contributed by atoms with E-state index in [0.717, 1.165) is 5.70 Å². The number of allylic oxidation sites excluding steroid dienone is 1. The van der Waals surface area contributed by atoms with Crippen LogP contribution in [0.25, 0.3) is 0 Å². The number of nitrogens with one attached hydrogen (secondary N) is 1. The summed E-state index contributed by atoms with van der Waals surface area (Å²) in [6, 6.07) is 5.01. The molecule has 1 aliphatic rings. The zero-order valence-electron chi connectivity index (χ0n) is 8.21. The molecule has 0 aliphatic carbocycles. The fourth-order valence-corrected chi connectivity index (χ4v) is 1.56. The highest BCUT2D eigenvalue weighted by molar-refractivity contribution is 6.31. The van der Waals surface area contributed by atoms with Crippen LogP contribution in [0.1, 0.15) is 10.4 Å². The van der Waals surface area contributed by atoms with Gasteiger partial charge in [0, 0.05) is 18.1 Å². The number of hydrogen-bond donors (Lipinski definition) is 1. The van der Waals surface area contributed by atoms with Gasteiger partial charge in [0.15, 0.2) is 5.78 Å². The van der Waals surface area contributed by atoms with Crippen molar-refractivity contribution in [2.75, 3.05) is 13.7 Å². The Balaban J connectivity index is 2.44. The summed E-state index contributed by atoms with van der Waals surface area (Å²) in [4.78, 5) is 11.7. The normalized spacial score (nSPS) is 14.8. The lowest BCUT2D eigenvalue weighted by molar-refractivity contribution is 0.104. The highest BCUT2D eigenvalue weighted by Crippen LogP contribution is 2.26. The van der Waals surface area contributed by atoms with Gasteiger partial charge in [-0.05, 0) is 18.2 Å². The van der Waals surface area contributed by atoms with Crippen LogP contribution in [0.15, 0.2) is 30.0 Å². The molecule has 0 radical (unpaired) electrons. The van der Waals surface area contributed by atoms with Gasteiger partial charge in [0.1, 0.15) is 12.4 Å². The average Bonchev–Trinajstić information content (AvgIpc) is 2.38. The van der Waals surface area contributed by atoms with Crippen molar-refractivity contribution >= 4 is 17.4 Å². The Morgan fingerprint density at radius 3 is 3.00 bits per heavy atom. The van der Waals surface area contributed by atoms with E-state index in [1.807, 2.05) is 0 Å². The first-order valence-electron chi connectivity index (χ1n) is 4.55. The lowest BCUT2D eigenvalue weighted by Gasteiger charge is -2.07. The summed E-state index contributed by atoms with van der Waals surface area (Å²) in [5.74, 6) is 0.470. The molecule has 4 heteroatoms. The molecule has 0 amide bonds. The second-order valence-electron chi connectivity index (χ2n) is 3.21. The van der Waals surface area contributed by atoms with Gasteiger partial charge in [-0.25, -0.2) is 0 Å². The van der Waals surface area contributed by atoms with Crippen LogP contribution in [0.4, 0.5) is 0 Å². The Kier molecular flexibility index (Phi) is 2.64. The van der Waals surface area contributed by atoms with Crippen molar-refractivity contribution in [2.24, 2.45) is 0 Å². The van der Waals surface area contributed by atoms with Crippen LogP contribution in [-0.2, 0) is 0 Å². The van der Waals surface area contributed by atoms with Crippen molar-refractivity contribution in [1.82, 2.24) is 5.32 Å². The van der Waals surface area contributed by atoms with Crippen molar-refractivity contribution < 1.29 is 9.53 Å². The molecule has 2 rings (SSSR count). The monoisotopic (exact) mass is 223 g/mol. The highest BCUT2D eigenvalue weighted by Gasteiger charge is 2.16. The summed E-state index contributed by atoms with van der Waals surface area (Å²) in [6.45, 7) is 0.357. The molecule has 1 aromatic rings. The molecular weight excluding hydrogens is 214 g/mol. The summed E-state index contributed by atoms with van der Waals surface area (Å²) in [5.41, 5.74) is 1.30. The van der Waals surface area contributed by atoms with E-state index in [1.165, 1.54) is 0 Å². The lowest BCUT2D eigenvalue weighted by Crippen LogP contribution is -2.13. The first kappa shape index (κ1) is 10.1. The molecule has 0 atom stereocenters. The number of likely N-dealkylation sites (N-methyl/N-ethyl adjacent to an activating group) is 1. The van der Waals surface area contributed by atoms with Crippen molar-refractivity contribution in [3.05, 3.63) is 40.6 Å². The topological polar surface area (TPSA) is 38.3 Å². The number of halogens is 1. The summed E-state index contributed by atoms with van der Waals surface area (Å²) >= 11 is 5.82. The minimum absolute atomic E-state index is 0.0662. The Morgan fingerprint density at radius 2 is 2.27 bits per heavy atom. The van der Waals surface area contributed by atoms with Gasteiger partial charge in [0.2, 0.25) is 0 Å². The highest BCUT2D eigenvalue weighted by atomic mass is 35.5. The minimum atomic E-state index is -0.0662. The number of fused-ring (bicyclic) bond motifs is 1. The third-order valence-electron chi connectivity index (χ3n) is 2.22. The molecule has 0 aromatic heterocycles. The van der Waals surface area contributed by atoms with E-state index in [4.69, 9.17) is 16.3 Å². The van der Waals surface area contributed by atoms with Crippen molar-refractivity contribution in [2.45, 2.75) is 0 Å². The molecule has 15 heavy (non-hydrogen) atoms. The fraction of sp³-hybridized carbons (Fsp3) is 0.182. The Morgan fingerprint density at radius 1 is 1.47 bits per heavy atom. The second-order valence-corrected chi connectivity index (χ2v) is 3.65. The van der Waals surface area contributed by atoms with Crippen LogP contribution in [0.5, 0.6) is 5.75 Å². The largest absolute Gasteiger partial charge is 0.487 e. The van der Waals surface area contributed by atoms with Crippen molar-refractivity contribution in [3.63, 3.8) is 0 Å². The number of carbonyl (C=O) groups is 1. The number of rotatable bonds is 1. The first-order chi connectivity index (χ1) is 7.20. The van der Waals surface area contributed by atoms with E-state index < -0.39 is 0 Å². The molecule has 0 saturated heterocycles. The summed E-state index contributed by atoms with van der Waals surface area (Å²) in [7, 11) is 1.76. The van der Waals surface area contributed by atoms with E-state index >= 15 is 0 Å². The zero-order chi connectivity index (χ0) is 10.8. The van der Waals surface area contributed by atoms with Gasteiger partial charge in [0.05, 0.1) is 11.3 Å². The lowest BCUT2D eigenvalue weighted by atomic mass is 10.1. The molecule has 1 aromatic carbocycles. The maximum absolute atomic E-state index is 11.7. The van der Waals surface area contributed by atoms with E-state index in [1.54, 1.807) is 31.3 Å². The molecule has 1 heterocycles. The van der Waals surface area contributed by atoms with Crippen LogP contribution < -0.4 is 10.1 Å². The third kappa shape index (κ3) is 1.97. The molecule has 0 bridgehead atoms. The predicted octanol–water partition coefficient (Wildman–Crippen LogP) is 2.02. The second kappa shape index (κ2) is 3.95. The minimum Gasteiger partial charge on any atom is -0.487 e. The molecule has 0 spiro atoms. The van der Waals surface area contributed by atoms with Crippen molar-refractivity contribution in [1.29, 1.82) is 0 Å². The van der Waals surface area contributed by atoms with Gasteiger partial charge in [-0.15, -0.1) is 0 Å². The Bertz CT molecular complexity index is 440. The number of carbonyl (C=O) groups excluding carboxylic acids is 1. The quantitative estimate of drug-likeness (QED) is 0.792. The van der Waals surface area contributed by atoms with Crippen LogP contribution in [-0.4, -0.2) is 19.4 Å². The van der Waals surface area contributed by atoms with Crippen LogP contribution in [0.2, 0.25) is 5.02 Å². The molecule has 0 saturated carbocycles. The zero-order valence-corrected chi connectivity index (χ0v) is 8.97. The summed E-state index contributed by atoms with van der Waals surface area (Å²) in [5, 5.41) is 3.47. The summed E-state index contributed by atoms with van der Waals surface area (Å²) in [6.07, 6.45) is 1.54. The molecule has 3 nitrogen and oxygen atoms in total. The molecule has 0 unspecified atom stereocenters. The smallest absolute Gasteiger partial charge is 0.191 e. The molecule has 1 aliphatic heterocycles. The van der Waals surface area contributed by atoms with E-state index in [2.05, 4.69) is 5.32 Å². The van der Waals surface area contributed by atoms with Crippen LogP contribution >= 0.6 is 11.6 Å². The molecular formula is C11H10ClNO2. The third-order valence-corrected chi connectivity index (χ3v) is 2.45. The predicted molar refractivity (Wildman–Crippen MR) is 58.4 cm³/mol. The first-order valence-corrected chi connectivity index (χ1v) is 4.93. The molecule has 0 fully saturated rings. The summed E-state index contributed by atoms with van der Waals surface area (Å²) < 4.78 is 5.47. The van der Waals surface area contributed by atoms with Crippen LogP contribution in [0, 0.1) is 0 Å². The Hall–Kier alpha value is -1.48. The van der Waals surface area contributed by atoms with Gasteiger partial charge in [0.25, 0.3) is 0 Å². The molecule has 78 valence electrons. The number of ketones is 1. The van der Waals surface area contributed by atoms with Gasteiger partial charge >= 0.3 is 0 Å². The van der Waals surface area contributed by atoms with Crippen LogP contribution in [0.3, 0.4) is 0 Å². The SMILES string of the molecule is CNC1=CC(=O)c2ccc(Cl)cc2OC1. The maximum atomic E-state index is 11.7. The average molecular weight is 224 g/mol. The van der Waals surface area contributed by atoms with E-state index in [9.17, 15) is 4.79 Å². The van der Waals surface area contributed by atoms with Crippen molar-refractivity contribution in [3.8, 4) is 5.75 Å². The van der Waals surface area contributed by atoms with Gasteiger partial charge in [-0.2, -0.15) is 0 Å². The molecule has 1 N–H and O–H groups in total. The van der Waals surface area contributed by atoms with Gasteiger partial charge in [-0.3, -0.25) is 4.79 Å². The van der Waals surface area contributed by atoms with E-state index in [0.29, 0.717) is 22.9 Å². The van der Waals surface area contributed by atoms with Gasteiger partial charge in [-0.1, -0.05) is 11.6 Å². The van der Waals surface area contributed by atoms with Gasteiger partial charge < -0.3 is 10.1 Å². The standard InChI is InChI=1S/C11H10ClNO2/c1-13-8-5-10(14)9-3-2-7(12)4-11(9)15-6-8/h2-5,13H,6H2,1H3. The Labute approximate surface area is 92.7 Å². The number of benzene rings is 1. The van der Waals surface area contributed by atoms with E-state index in [-0.39, 0.29) is 5.78 Å². The number of hydrogen-bond acceptors (Lipinski definition) is 3.